The Kier molecular flexibility index (Phi) is 10.5. The molecule has 1 spiro atoms. The van der Waals surface area contributed by atoms with Gasteiger partial charge in [0, 0.05) is 59.3 Å². The zero-order valence-corrected chi connectivity index (χ0v) is 36.7. The SMILES string of the molecule is C=CCN1[C@@H]2Cc3cc(C)c(OC)c(O)c3[C@H]1C1[C@@H]3SC[C@]4(NCCc5cc(O)c(OC)cc54)C(=O)OC[C@@H](c4c5c(c(C)c(OC(=O)C=Cc6ccccc6)c43)OCO5)N1[C@H]2C#N. The number of phenolic OH excluding ortho intramolecular Hbond substituents is 2. The van der Waals surface area contributed by atoms with Crippen molar-refractivity contribution in [2.45, 2.75) is 67.7 Å². The summed E-state index contributed by atoms with van der Waals surface area (Å²) in [7, 11) is 3.00. The molecule has 0 aliphatic carbocycles. The van der Waals surface area contributed by atoms with Crippen LogP contribution in [0.5, 0.6) is 40.2 Å². The summed E-state index contributed by atoms with van der Waals surface area (Å²) in [5.41, 5.74) is 4.94. The number of thioether (sulfide) groups is 1. The molecule has 2 fully saturated rings. The Balaban J connectivity index is 1.24. The second-order valence-electron chi connectivity index (χ2n) is 17.0. The number of benzene rings is 4. The summed E-state index contributed by atoms with van der Waals surface area (Å²) >= 11 is 1.46. The number of esters is 2. The number of phenols is 2. The molecule has 64 heavy (non-hydrogen) atoms. The van der Waals surface area contributed by atoms with E-state index in [2.05, 4.69) is 27.8 Å². The van der Waals surface area contributed by atoms with E-state index in [9.17, 15) is 20.3 Å². The van der Waals surface area contributed by atoms with E-state index in [1.54, 1.807) is 18.2 Å². The van der Waals surface area contributed by atoms with Gasteiger partial charge < -0.3 is 38.6 Å². The molecule has 7 heterocycles. The lowest BCUT2D eigenvalue weighted by Gasteiger charge is -2.62. The number of nitrogens with one attached hydrogen (secondary N) is 1. The zero-order chi connectivity index (χ0) is 44.6. The van der Waals surface area contributed by atoms with Crippen LogP contribution in [0.3, 0.4) is 0 Å². The van der Waals surface area contributed by atoms with Crippen molar-refractivity contribution >= 4 is 29.8 Å². The summed E-state index contributed by atoms with van der Waals surface area (Å²) in [6, 6.07) is 14.4. The van der Waals surface area contributed by atoms with Gasteiger partial charge in [0.2, 0.25) is 6.79 Å². The Bertz CT molecular complexity index is 2680. The molecule has 0 saturated carbocycles. The van der Waals surface area contributed by atoms with Crippen LogP contribution in [-0.4, -0.2) is 96.5 Å². The van der Waals surface area contributed by atoms with Crippen molar-refractivity contribution in [3.8, 4) is 46.3 Å². The van der Waals surface area contributed by atoms with Crippen molar-refractivity contribution in [2.24, 2.45) is 0 Å². The number of ether oxygens (including phenoxy) is 6. The first-order valence-electron chi connectivity index (χ1n) is 21.3. The molecule has 0 amide bonds. The van der Waals surface area contributed by atoms with Crippen molar-refractivity contribution in [3.63, 3.8) is 0 Å². The fraction of sp³-hybridized carbons (Fsp3) is 0.367. The number of aryl methyl sites for hydroxylation is 1. The van der Waals surface area contributed by atoms with Gasteiger partial charge in [0.25, 0.3) is 0 Å². The smallest absolute Gasteiger partial charge is 0.336 e. The number of nitrogens with zero attached hydrogens (tertiary/aromatic N) is 3. The van der Waals surface area contributed by atoms with E-state index in [-0.39, 0.29) is 48.2 Å². The van der Waals surface area contributed by atoms with E-state index in [0.29, 0.717) is 71.0 Å². The number of nitriles is 1. The van der Waals surface area contributed by atoms with Gasteiger partial charge in [-0.25, -0.2) is 9.59 Å². The summed E-state index contributed by atoms with van der Waals surface area (Å²) < 4.78 is 36.9. The molecular formula is C49H48N4O10S. The largest absolute Gasteiger partial charge is 0.504 e. The number of hydrogen-bond donors (Lipinski definition) is 3. The zero-order valence-electron chi connectivity index (χ0n) is 35.9. The van der Waals surface area contributed by atoms with Crippen molar-refractivity contribution in [2.75, 3.05) is 46.5 Å². The van der Waals surface area contributed by atoms with E-state index < -0.39 is 46.9 Å². The maximum atomic E-state index is 15.0. The number of fused-ring (bicyclic) bond motifs is 9. The number of hydrogen-bond acceptors (Lipinski definition) is 15. The number of piperazine rings is 1. The maximum absolute atomic E-state index is 15.0. The van der Waals surface area contributed by atoms with Gasteiger partial charge in [0.05, 0.1) is 37.6 Å². The summed E-state index contributed by atoms with van der Waals surface area (Å²) in [4.78, 5) is 33.5. The van der Waals surface area contributed by atoms with Crippen LogP contribution in [0.1, 0.15) is 67.4 Å². The molecular weight excluding hydrogens is 837 g/mol. The van der Waals surface area contributed by atoms with Gasteiger partial charge in [0.1, 0.15) is 18.4 Å². The fourth-order valence-corrected chi connectivity index (χ4v) is 12.8. The first-order chi connectivity index (χ1) is 31.0. The maximum Gasteiger partial charge on any atom is 0.336 e. The molecule has 330 valence electrons. The third-order valence-corrected chi connectivity index (χ3v) is 15.2. The topological polar surface area (TPSA) is 172 Å². The number of methoxy groups -OCH3 is 2. The van der Waals surface area contributed by atoms with Crippen molar-refractivity contribution in [3.05, 3.63) is 117 Å². The average molecular weight is 885 g/mol. The third kappa shape index (κ3) is 6.25. The highest BCUT2D eigenvalue weighted by atomic mass is 32.2. The molecule has 14 nitrogen and oxygen atoms in total. The first kappa shape index (κ1) is 41.8. The van der Waals surface area contributed by atoms with Crippen LogP contribution in [0.25, 0.3) is 6.08 Å². The first-order valence-corrected chi connectivity index (χ1v) is 22.4. The molecule has 4 aromatic rings. The Morgan fingerprint density at radius 3 is 2.59 bits per heavy atom. The van der Waals surface area contributed by atoms with Gasteiger partial charge in [-0.1, -0.05) is 42.5 Å². The van der Waals surface area contributed by atoms with Crippen LogP contribution >= 0.6 is 11.8 Å². The Hall–Kier alpha value is -6.18. The van der Waals surface area contributed by atoms with E-state index in [1.165, 1.54) is 32.1 Å². The van der Waals surface area contributed by atoms with Crippen molar-refractivity contribution in [1.82, 2.24) is 15.1 Å². The second-order valence-corrected chi connectivity index (χ2v) is 18.1. The molecule has 0 radical (unpaired) electrons. The van der Waals surface area contributed by atoms with Crippen LogP contribution in [-0.2, 0) is 32.7 Å². The van der Waals surface area contributed by atoms with Crippen molar-refractivity contribution in [1.29, 1.82) is 5.26 Å². The lowest BCUT2D eigenvalue weighted by molar-refractivity contribution is -0.157. The van der Waals surface area contributed by atoms with E-state index in [1.807, 2.05) is 56.3 Å². The van der Waals surface area contributed by atoms with E-state index in [0.717, 1.165) is 22.3 Å². The molecule has 0 aromatic heterocycles. The highest BCUT2D eigenvalue weighted by Crippen LogP contribution is 2.65. The predicted octanol–water partition coefficient (Wildman–Crippen LogP) is 6.24. The number of aromatic hydroxyl groups is 2. The summed E-state index contributed by atoms with van der Waals surface area (Å²) in [5.74, 6) is 0.619. The van der Waals surface area contributed by atoms with Crippen LogP contribution in [0.2, 0.25) is 0 Å². The van der Waals surface area contributed by atoms with Crippen LogP contribution < -0.4 is 29.0 Å². The minimum absolute atomic E-state index is 0.0146. The standard InChI is InChI=1S/C49H48N4O10S/c1-6-16-52-31-18-29-17-25(2)43(59-5)42(56)37(29)40(52)41-47-39-38(46-45(61-24-62-46)26(3)44(39)63-36(55)13-12-27-10-8-7-9-11-27)33(53(41)32(31)21-50)22-60-48(57)49(23-64-47)30-20-35(58-4)34(54)19-28(30)14-15-51-49/h6-13,17,19-20,31-33,40-41,47,51,54,56H,1,14-16,18,22-24H2,2-5H3/t31-,32+,33+,40+,41?,47-,49-/m1/s1. The van der Waals surface area contributed by atoms with Gasteiger partial charge >= 0.3 is 11.9 Å². The summed E-state index contributed by atoms with van der Waals surface area (Å²) in [6.07, 6.45) is 5.87. The predicted molar refractivity (Wildman–Crippen MR) is 237 cm³/mol. The van der Waals surface area contributed by atoms with Gasteiger partial charge in [-0.3, -0.25) is 15.1 Å². The van der Waals surface area contributed by atoms with Gasteiger partial charge in [-0.2, -0.15) is 5.26 Å². The Morgan fingerprint density at radius 2 is 1.84 bits per heavy atom. The highest BCUT2D eigenvalue weighted by molar-refractivity contribution is 7.99. The number of carbonyl (C=O) groups excluding carboxylic acids is 2. The van der Waals surface area contributed by atoms with Crippen LogP contribution in [0.15, 0.2) is 67.3 Å². The van der Waals surface area contributed by atoms with Crippen LogP contribution in [0.4, 0.5) is 0 Å². The van der Waals surface area contributed by atoms with Gasteiger partial charge in [0.15, 0.2) is 40.0 Å². The monoisotopic (exact) mass is 884 g/mol. The summed E-state index contributed by atoms with van der Waals surface area (Å²) in [6.45, 7) is 8.35. The molecule has 3 N–H and O–H groups in total. The quantitative estimate of drug-likeness (QED) is 0.0824. The van der Waals surface area contributed by atoms with Crippen LogP contribution in [0, 0.1) is 25.2 Å². The van der Waals surface area contributed by atoms with E-state index in [4.69, 9.17) is 28.4 Å². The molecule has 7 atom stereocenters. The number of carbonyl (C=O) groups is 2. The third-order valence-electron chi connectivity index (χ3n) is 13.8. The molecule has 7 aliphatic heterocycles. The highest BCUT2D eigenvalue weighted by Gasteiger charge is 2.62. The Labute approximate surface area is 374 Å². The molecule has 2 saturated heterocycles. The molecule has 15 heteroatoms. The Morgan fingerprint density at radius 1 is 1.05 bits per heavy atom. The lowest BCUT2D eigenvalue weighted by Crippen LogP contribution is -2.70. The molecule has 11 rings (SSSR count). The van der Waals surface area contributed by atoms with Gasteiger partial charge in [-0.05, 0) is 72.7 Å². The minimum atomic E-state index is -1.41. The summed E-state index contributed by atoms with van der Waals surface area (Å²) in [5, 5.41) is 37.5. The second kappa shape index (κ2) is 16.1. The lowest BCUT2D eigenvalue weighted by atomic mass is 9.71. The van der Waals surface area contributed by atoms with Gasteiger partial charge in [-0.15, -0.1) is 18.3 Å². The van der Waals surface area contributed by atoms with Crippen molar-refractivity contribution < 1.29 is 48.2 Å². The average Bonchev–Trinajstić information content (AvgIpc) is 3.79. The molecule has 4 aromatic carbocycles. The molecule has 4 bridgehead atoms. The molecule has 1 unspecified atom stereocenters. The number of rotatable bonds is 7. The van der Waals surface area contributed by atoms with E-state index >= 15 is 4.79 Å². The molecule has 7 aliphatic rings. The fourth-order valence-electron chi connectivity index (χ4n) is 11.2. The normalized spacial score (nSPS) is 26.5. The minimum Gasteiger partial charge on any atom is -0.504 e.